The molecule has 0 unspecified atom stereocenters. The predicted octanol–water partition coefficient (Wildman–Crippen LogP) is 2.19. The Bertz CT molecular complexity index is 134. The lowest BCUT2D eigenvalue weighted by Gasteiger charge is -2.03. The van der Waals surface area contributed by atoms with E-state index in [1.165, 1.54) is 0 Å². The van der Waals surface area contributed by atoms with Crippen LogP contribution in [0.5, 0.6) is 0 Å². The maximum absolute atomic E-state index is 11.1. The molecule has 3 nitrogen and oxygen atoms in total. The van der Waals surface area contributed by atoms with Crippen molar-refractivity contribution in [1.29, 1.82) is 0 Å². The zero-order chi connectivity index (χ0) is 10.6. The Kier molecular flexibility index (Phi) is 10.4. The summed E-state index contributed by atoms with van der Waals surface area (Å²) in [6.07, 6.45) is 3.15. The Balaban J connectivity index is 3.01. The van der Waals surface area contributed by atoms with Gasteiger partial charge in [0, 0.05) is 26.1 Å². The number of carbonyl (C=O) groups excluding carboxylic acids is 1. The summed E-state index contributed by atoms with van der Waals surface area (Å²) in [7, 11) is 0. The molecule has 0 aliphatic carbocycles. The molecule has 0 amide bonds. The summed E-state index contributed by atoms with van der Waals surface area (Å²) < 4.78 is 10.4. The van der Waals surface area contributed by atoms with Crippen LogP contribution in [-0.2, 0) is 14.3 Å². The van der Waals surface area contributed by atoms with Crippen LogP contribution in [0.3, 0.4) is 0 Å². The fourth-order valence-corrected chi connectivity index (χ4v) is 1.14. The molecule has 0 heterocycles. The molecule has 84 valence electrons. The van der Waals surface area contributed by atoms with Gasteiger partial charge in [-0.15, -0.1) is 0 Å². The van der Waals surface area contributed by atoms with Crippen LogP contribution in [0.2, 0.25) is 0 Å². The van der Waals surface area contributed by atoms with Crippen LogP contribution in [-0.4, -0.2) is 32.2 Å². The standard InChI is InChI=1S/C11H22O3/c1-3-6-11(12)7-5-8-14-10-9-13-4-2/h3-10H2,1-2H3. The summed E-state index contributed by atoms with van der Waals surface area (Å²) in [4.78, 5) is 11.1. The lowest BCUT2D eigenvalue weighted by Crippen LogP contribution is -2.06. The molecule has 0 aliphatic rings. The SMILES string of the molecule is CCCC(=O)CCCOCCOCC. The third-order valence-corrected chi connectivity index (χ3v) is 1.85. The first-order valence-corrected chi connectivity index (χ1v) is 5.48. The minimum absolute atomic E-state index is 0.348. The number of carbonyl (C=O) groups is 1. The van der Waals surface area contributed by atoms with Gasteiger partial charge in [0.2, 0.25) is 0 Å². The second-order valence-corrected chi connectivity index (χ2v) is 3.20. The molecule has 0 aliphatic heterocycles. The maximum atomic E-state index is 11.1. The van der Waals surface area contributed by atoms with E-state index in [9.17, 15) is 4.79 Å². The molecule has 0 saturated heterocycles. The van der Waals surface area contributed by atoms with E-state index in [1.807, 2.05) is 13.8 Å². The lowest BCUT2D eigenvalue weighted by atomic mass is 10.1. The minimum Gasteiger partial charge on any atom is -0.379 e. The number of ether oxygens (including phenoxy) is 2. The van der Waals surface area contributed by atoms with Crippen molar-refractivity contribution in [3.05, 3.63) is 0 Å². The number of hydrogen-bond donors (Lipinski definition) is 0. The molecule has 0 atom stereocenters. The molecule has 0 aromatic rings. The predicted molar refractivity (Wildman–Crippen MR) is 56.5 cm³/mol. The number of rotatable bonds is 10. The Hall–Kier alpha value is -0.410. The summed E-state index contributed by atoms with van der Waals surface area (Å²) in [5.41, 5.74) is 0. The van der Waals surface area contributed by atoms with Gasteiger partial charge in [-0.2, -0.15) is 0 Å². The van der Waals surface area contributed by atoms with E-state index in [4.69, 9.17) is 9.47 Å². The minimum atomic E-state index is 0.348. The molecule has 0 N–H and O–H groups in total. The zero-order valence-electron chi connectivity index (χ0n) is 9.38. The summed E-state index contributed by atoms with van der Waals surface area (Å²) in [5.74, 6) is 0.348. The molecule has 0 fully saturated rings. The topological polar surface area (TPSA) is 35.5 Å². The Morgan fingerprint density at radius 3 is 2.36 bits per heavy atom. The third kappa shape index (κ3) is 9.68. The Morgan fingerprint density at radius 1 is 1.00 bits per heavy atom. The van der Waals surface area contributed by atoms with Crippen LogP contribution in [0.15, 0.2) is 0 Å². The fourth-order valence-electron chi connectivity index (χ4n) is 1.14. The summed E-state index contributed by atoms with van der Waals surface area (Å²) >= 11 is 0. The fraction of sp³-hybridized carbons (Fsp3) is 0.909. The molecule has 0 bridgehead atoms. The molecule has 0 rings (SSSR count). The largest absolute Gasteiger partial charge is 0.379 e. The quantitative estimate of drug-likeness (QED) is 0.509. The van der Waals surface area contributed by atoms with E-state index in [0.717, 1.165) is 19.4 Å². The maximum Gasteiger partial charge on any atom is 0.132 e. The van der Waals surface area contributed by atoms with E-state index >= 15 is 0 Å². The Morgan fingerprint density at radius 2 is 1.71 bits per heavy atom. The molecular formula is C11H22O3. The Labute approximate surface area is 86.8 Å². The van der Waals surface area contributed by atoms with Crippen LogP contribution in [0.4, 0.5) is 0 Å². The highest BCUT2D eigenvalue weighted by Crippen LogP contribution is 1.98. The van der Waals surface area contributed by atoms with Crippen molar-refractivity contribution in [2.24, 2.45) is 0 Å². The lowest BCUT2D eigenvalue weighted by molar-refractivity contribution is -0.119. The first kappa shape index (κ1) is 13.6. The van der Waals surface area contributed by atoms with Crippen molar-refractivity contribution >= 4 is 5.78 Å². The molecule has 0 spiro atoms. The van der Waals surface area contributed by atoms with Crippen molar-refractivity contribution in [3.8, 4) is 0 Å². The van der Waals surface area contributed by atoms with Crippen molar-refractivity contribution < 1.29 is 14.3 Å². The van der Waals surface area contributed by atoms with Gasteiger partial charge in [-0.25, -0.2) is 0 Å². The third-order valence-electron chi connectivity index (χ3n) is 1.85. The highest BCUT2D eigenvalue weighted by molar-refractivity contribution is 5.78. The number of ketones is 1. The molecule has 0 aromatic carbocycles. The van der Waals surface area contributed by atoms with Gasteiger partial charge in [0.15, 0.2) is 0 Å². The van der Waals surface area contributed by atoms with E-state index < -0.39 is 0 Å². The van der Waals surface area contributed by atoms with E-state index in [-0.39, 0.29) is 0 Å². The molecule has 0 saturated carbocycles. The van der Waals surface area contributed by atoms with Crippen LogP contribution < -0.4 is 0 Å². The van der Waals surface area contributed by atoms with Crippen molar-refractivity contribution in [2.75, 3.05) is 26.4 Å². The van der Waals surface area contributed by atoms with Crippen LogP contribution in [0.25, 0.3) is 0 Å². The van der Waals surface area contributed by atoms with Crippen LogP contribution >= 0.6 is 0 Å². The second kappa shape index (κ2) is 10.7. The first-order valence-electron chi connectivity index (χ1n) is 5.48. The van der Waals surface area contributed by atoms with Gasteiger partial charge in [-0.3, -0.25) is 4.79 Å². The van der Waals surface area contributed by atoms with E-state index in [0.29, 0.717) is 38.4 Å². The molecule has 0 aromatic heterocycles. The van der Waals surface area contributed by atoms with E-state index in [2.05, 4.69) is 0 Å². The number of hydrogen-bond acceptors (Lipinski definition) is 3. The highest BCUT2D eigenvalue weighted by Gasteiger charge is 1.99. The average Bonchev–Trinajstić information content (AvgIpc) is 2.17. The van der Waals surface area contributed by atoms with Crippen molar-refractivity contribution in [1.82, 2.24) is 0 Å². The van der Waals surface area contributed by atoms with Crippen LogP contribution in [0.1, 0.15) is 39.5 Å². The van der Waals surface area contributed by atoms with Gasteiger partial charge in [0.25, 0.3) is 0 Å². The monoisotopic (exact) mass is 202 g/mol. The molecular weight excluding hydrogens is 180 g/mol. The smallest absolute Gasteiger partial charge is 0.132 e. The highest BCUT2D eigenvalue weighted by atomic mass is 16.5. The normalized spacial score (nSPS) is 10.4. The van der Waals surface area contributed by atoms with Gasteiger partial charge in [-0.1, -0.05) is 6.92 Å². The molecule has 3 heteroatoms. The van der Waals surface area contributed by atoms with Gasteiger partial charge < -0.3 is 9.47 Å². The van der Waals surface area contributed by atoms with Gasteiger partial charge in [-0.05, 0) is 19.8 Å². The van der Waals surface area contributed by atoms with Crippen molar-refractivity contribution in [2.45, 2.75) is 39.5 Å². The zero-order valence-corrected chi connectivity index (χ0v) is 9.38. The molecule has 14 heavy (non-hydrogen) atoms. The molecule has 0 radical (unpaired) electrons. The van der Waals surface area contributed by atoms with Gasteiger partial charge in [0.05, 0.1) is 13.2 Å². The van der Waals surface area contributed by atoms with Gasteiger partial charge in [0.1, 0.15) is 5.78 Å². The second-order valence-electron chi connectivity index (χ2n) is 3.20. The summed E-state index contributed by atoms with van der Waals surface area (Å²) in [6.45, 7) is 6.68. The van der Waals surface area contributed by atoms with Gasteiger partial charge >= 0.3 is 0 Å². The van der Waals surface area contributed by atoms with E-state index in [1.54, 1.807) is 0 Å². The summed E-state index contributed by atoms with van der Waals surface area (Å²) in [6, 6.07) is 0. The summed E-state index contributed by atoms with van der Waals surface area (Å²) in [5, 5.41) is 0. The first-order chi connectivity index (χ1) is 6.81. The average molecular weight is 202 g/mol. The number of Topliss-reactive ketones (excluding diaryl/α,β-unsaturated/α-hetero) is 1. The van der Waals surface area contributed by atoms with Crippen molar-refractivity contribution in [3.63, 3.8) is 0 Å². The van der Waals surface area contributed by atoms with Crippen LogP contribution in [0, 0.1) is 0 Å².